The van der Waals surface area contributed by atoms with Crippen LogP contribution in [0.25, 0.3) is 0 Å². The van der Waals surface area contributed by atoms with Gasteiger partial charge in [-0.3, -0.25) is 0 Å². The Morgan fingerprint density at radius 3 is 2.84 bits per heavy atom. The lowest BCUT2D eigenvalue weighted by atomic mass is 10.2. The summed E-state index contributed by atoms with van der Waals surface area (Å²) in [4.78, 5) is 1.14. The van der Waals surface area contributed by atoms with Crippen molar-refractivity contribution in [2.45, 2.75) is 26.5 Å². The largest absolute Gasteiger partial charge is 0.489 e. The van der Waals surface area contributed by atoms with E-state index in [2.05, 4.69) is 11.4 Å². The lowest BCUT2D eigenvalue weighted by Gasteiger charge is -2.15. The molecular formula is C15H16N2OS. The molecule has 0 aliphatic carbocycles. The second-order valence-electron chi connectivity index (χ2n) is 4.43. The molecule has 0 fully saturated rings. The summed E-state index contributed by atoms with van der Waals surface area (Å²) in [7, 11) is 0. The van der Waals surface area contributed by atoms with Crippen LogP contribution < -0.4 is 10.1 Å². The summed E-state index contributed by atoms with van der Waals surface area (Å²) in [5, 5.41) is 14.0. The van der Waals surface area contributed by atoms with E-state index in [1.54, 1.807) is 11.3 Å². The lowest BCUT2D eigenvalue weighted by molar-refractivity contribution is 0.243. The second kappa shape index (κ2) is 6.26. The minimum Gasteiger partial charge on any atom is -0.489 e. The SMILES string of the molecule is CC(C)Oc1ccccc1NCc1cc(C#N)cs1. The van der Waals surface area contributed by atoms with E-state index in [1.165, 1.54) is 0 Å². The number of ether oxygens (including phenoxy) is 1. The van der Waals surface area contributed by atoms with Gasteiger partial charge < -0.3 is 10.1 Å². The Morgan fingerprint density at radius 1 is 1.37 bits per heavy atom. The molecule has 98 valence electrons. The van der Waals surface area contributed by atoms with Gasteiger partial charge in [0.25, 0.3) is 0 Å². The highest BCUT2D eigenvalue weighted by Crippen LogP contribution is 2.26. The van der Waals surface area contributed by atoms with E-state index in [0.717, 1.165) is 16.3 Å². The predicted molar refractivity (Wildman–Crippen MR) is 78.6 cm³/mol. The first-order chi connectivity index (χ1) is 9.19. The van der Waals surface area contributed by atoms with E-state index >= 15 is 0 Å². The quantitative estimate of drug-likeness (QED) is 0.894. The van der Waals surface area contributed by atoms with Crippen molar-refractivity contribution in [2.24, 2.45) is 0 Å². The molecule has 0 spiro atoms. The van der Waals surface area contributed by atoms with Crippen LogP contribution in [0.4, 0.5) is 5.69 Å². The highest BCUT2D eigenvalue weighted by Gasteiger charge is 2.05. The molecule has 4 heteroatoms. The highest BCUT2D eigenvalue weighted by atomic mass is 32.1. The molecule has 2 aromatic rings. The zero-order chi connectivity index (χ0) is 13.7. The van der Waals surface area contributed by atoms with Gasteiger partial charge in [0, 0.05) is 16.8 Å². The molecule has 1 aromatic carbocycles. The lowest BCUT2D eigenvalue weighted by Crippen LogP contribution is -2.08. The van der Waals surface area contributed by atoms with Crippen molar-refractivity contribution >= 4 is 17.0 Å². The van der Waals surface area contributed by atoms with E-state index in [9.17, 15) is 0 Å². The fourth-order valence-corrected chi connectivity index (χ4v) is 2.43. The number of rotatable bonds is 5. The normalized spacial score (nSPS) is 10.2. The zero-order valence-electron chi connectivity index (χ0n) is 11.0. The standard InChI is InChI=1S/C15H16N2OS/c1-11(2)18-15-6-4-3-5-14(15)17-9-13-7-12(8-16)10-19-13/h3-7,10-11,17H,9H2,1-2H3. The van der Waals surface area contributed by atoms with Crippen molar-refractivity contribution in [1.29, 1.82) is 5.26 Å². The fraction of sp³-hybridized carbons (Fsp3) is 0.267. The van der Waals surface area contributed by atoms with Crippen LogP contribution in [0.3, 0.4) is 0 Å². The molecule has 3 nitrogen and oxygen atoms in total. The number of anilines is 1. The van der Waals surface area contributed by atoms with Gasteiger partial charge in [0.15, 0.2) is 0 Å². The number of hydrogen-bond acceptors (Lipinski definition) is 4. The van der Waals surface area contributed by atoms with Gasteiger partial charge in [-0.25, -0.2) is 0 Å². The molecule has 0 bridgehead atoms. The van der Waals surface area contributed by atoms with E-state index in [1.807, 2.05) is 49.6 Å². The Hall–Kier alpha value is -1.99. The first-order valence-corrected chi connectivity index (χ1v) is 7.04. The zero-order valence-corrected chi connectivity index (χ0v) is 11.8. The van der Waals surface area contributed by atoms with Gasteiger partial charge >= 0.3 is 0 Å². The van der Waals surface area contributed by atoms with E-state index in [0.29, 0.717) is 12.1 Å². The summed E-state index contributed by atoms with van der Waals surface area (Å²) in [6, 6.07) is 11.9. The van der Waals surface area contributed by atoms with E-state index < -0.39 is 0 Å². The second-order valence-corrected chi connectivity index (χ2v) is 5.43. The van der Waals surface area contributed by atoms with Crippen LogP contribution in [0.1, 0.15) is 24.3 Å². The molecule has 19 heavy (non-hydrogen) atoms. The minimum atomic E-state index is 0.148. The highest BCUT2D eigenvalue weighted by molar-refractivity contribution is 7.10. The molecule has 1 N–H and O–H groups in total. The molecule has 0 saturated heterocycles. The van der Waals surface area contributed by atoms with Crippen LogP contribution in [0.15, 0.2) is 35.7 Å². The van der Waals surface area contributed by atoms with Gasteiger partial charge in [-0.1, -0.05) is 12.1 Å². The molecule has 1 aromatic heterocycles. The van der Waals surface area contributed by atoms with Gasteiger partial charge in [0.05, 0.1) is 17.4 Å². The van der Waals surface area contributed by atoms with Gasteiger partial charge in [0.2, 0.25) is 0 Å². The van der Waals surface area contributed by atoms with Gasteiger partial charge in [0.1, 0.15) is 11.8 Å². The van der Waals surface area contributed by atoms with Crippen LogP contribution in [-0.2, 0) is 6.54 Å². The first-order valence-electron chi connectivity index (χ1n) is 6.16. The molecule has 0 amide bonds. The maximum atomic E-state index is 8.80. The monoisotopic (exact) mass is 272 g/mol. The first kappa shape index (κ1) is 13.4. The Morgan fingerprint density at radius 2 is 2.16 bits per heavy atom. The molecule has 0 unspecified atom stereocenters. The van der Waals surface area contributed by atoms with Crippen LogP contribution >= 0.6 is 11.3 Å². The van der Waals surface area contributed by atoms with Crippen molar-refractivity contribution in [2.75, 3.05) is 5.32 Å². The molecule has 0 aliphatic heterocycles. The van der Waals surface area contributed by atoms with Crippen molar-refractivity contribution in [1.82, 2.24) is 0 Å². The molecule has 1 heterocycles. The Labute approximate surface area is 117 Å². The van der Waals surface area contributed by atoms with E-state index in [-0.39, 0.29) is 6.10 Å². The van der Waals surface area contributed by atoms with Crippen LogP contribution in [0.5, 0.6) is 5.75 Å². The summed E-state index contributed by atoms with van der Waals surface area (Å²) in [5.74, 6) is 0.856. The Bertz CT molecular complexity index is 584. The number of para-hydroxylation sites is 2. The topological polar surface area (TPSA) is 45.0 Å². The van der Waals surface area contributed by atoms with Crippen molar-refractivity contribution in [3.05, 3.63) is 46.2 Å². The van der Waals surface area contributed by atoms with Crippen LogP contribution in [0.2, 0.25) is 0 Å². The summed E-state index contributed by atoms with van der Waals surface area (Å²) in [6.45, 7) is 4.72. The van der Waals surface area contributed by atoms with Gasteiger partial charge in [-0.05, 0) is 32.0 Å². The molecule has 0 aliphatic rings. The molecule has 0 atom stereocenters. The molecular weight excluding hydrogens is 256 g/mol. The molecule has 0 saturated carbocycles. The van der Waals surface area contributed by atoms with Crippen LogP contribution in [-0.4, -0.2) is 6.10 Å². The number of nitrogens with zero attached hydrogens (tertiary/aromatic N) is 1. The van der Waals surface area contributed by atoms with Gasteiger partial charge in [-0.15, -0.1) is 11.3 Å². The average molecular weight is 272 g/mol. The van der Waals surface area contributed by atoms with Crippen molar-refractivity contribution in [3.63, 3.8) is 0 Å². The number of nitriles is 1. The third-order valence-electron chi connectivity index (χ3n) is 2.49. The van der Waals surface area contributed by atoms with Crippen molar-refractivity contribution in [3.8, 4) is 11.8 Å². The predicted octanol–water partition coefficient (Wildman–Crippen LogP) is 4.02. The average Bonchev–Trinajstić information content (AvgIpc) is 2.85. The third-order valence-corrected chi connectivity index (χ3v) is 3.42. The summed E-state index contributed by atoms with van der Waals surface area (Å²) in [5.41, 5.74) is 1.69. The van der Waals surface area contributed by atoms with Gasteiger partial charge in [-0.2, -0.15) is 5.26 Å². The Balaban J connectivity index is 2.05. The smallest absolute Gasteiger partial charge is 0.142 e. The number of nitrogens with one attached hydrogen (secondary N) is 1. The Kier molecular flexibility index (Phi) is 4.43. The van der Waals surface area contributed by atoms with Crippen LogP contribution in [0, 0.1) is 11.3 Å². The fourth-order valence-electron chi connectivity index (χ4n) is 1.68. The maximum Gasteiger partial charge on any atom is 0.142 e. The number of thiophene rings is 1. The maximum absolute atomic E-state index is 8.80. The third kappa shape index (κ3) is 3.73. The molecule has 0 radical (unpaired) electrons. The summed E-state index contributed by atoms with van der Waals surface area (Å²) >= 11 is 1.59. The summed E-state index contributed by atoms with van der Waals surface area (Å²) in [6.07, 6.45) is 0.148. The van der Waals surface area contributed by atoms with Crippen molar-refractivity contribution < 1.29 is 4.74 Å². The minimum absolute atomic E-state index is 0.148. The summed E-state index contributed by atoms with van der Waals surface area (Å²) < 4.78 is 5.75. The number of hydrogen-bond donors (Lipinski definition) is 1. The molecule has 2 rings (SSSR count). The van der Waals surface area contributed by atoms with E-state index in [4.69, 9.17) is 10.00 Å². The number of benzene rings is 1.